The topological polar surface area (TPSA) is 45.2 Å². The van der Waals surface area contributed by atoms with Crippen LogP contribution >= 0.6 is 23.1 Å². The fourth-order valence-corrected chi connectivity index (χ4v) is 6.70. The summed E-state index contributed by atoms with van der Waals surface area (Å²) in [5, 5.41) is 2.98. The number of halogens is 3. The molecular formula is C25H16F3N3OS2. The van der Waals surface area contributed by atoms with Crippen LogP contribution in [0, 0.1) is 6.92 Å². The highest BCUT2D eigenvalue weighted by atomic mass is 32.2. The van der Waals surface area contributed by atoms with Crippen LogP contribution in [0.5, 0.6) is 0 Å². The van der Waals surface area contributed by atoms with Crippen molar-refractivity contribution in [2.45, 2.75) is 23.7 Å². The molecule has 6 rings (SSSR count). The number of benzene rings is 3. The lowest BCUT2D eigenvalue weighted by atomic mass is 9.92. The lowest BCUT2D eigenvalue weighted by Crippen LogP contribution is -2.68. The van der Waals surface area contributed by atoms with Gasteiger partial charge in [-0.15, -0.1) is 11.3 Å². The minimum absolute atomic E-state index is 0.0582. The number of hydrogen-bond acceptors (Lipinski definition) is 5. The van der Waals surface area contributed by atoms with Crippen LogP contribution in [0.4, 0.5) is 18.9 Å². The van der Waals surface area contributed by atoms with Gasteiger partial charge in [0.1, 0.15) is 10.6 Å². The van der Waals surface area contributed by atoms with E-state index in [1.165, 1.54) is 28.4 Å². The molecule has 2 aliphatic rings. The zero-order valence-corrected chi connectivity index (χ0v) is 19.3. The number of amides is 1. The summed E-state index contributed by atoms with van der Waals surface area (Å²) in [6.45, 7) is 1.81. The molecule has 1 atom stereocenters. The summed E-state index contributed by atoms with van der Waals surface area (Å²) < 4.78 is 46.1. The Balaban J connectivity index is 1.67. The third-order valence-corrected chi connectivity index (χ3v) is 8.17. The van der Waals surface area contributed by atoms with Gasteiger partial charge in [-0.2, -0.15) is 13.2 Å². The smallest absolute Gasteiger partial charge is 0.317 e. The van der Waals surface area contributed by atoms with Crippen LogP contribution in [-0.4, -0.2) is 17.1 Å². The van der Waals surface area contributed by atoms with E-state index >= 15 is 13.2 Å². The van der Waals surface area contributed by atoms with Gasteiger partial charge in [0.05, 0.1) is 20.9 Å². The molecule has 0 saturated heterocycles. The van der Waals surface area contributed by atoms with E-state index in [0.717, 1.165) is 22.0 Å². The third-order valence-electron chi connectivity index (χ3n) is 5.97. The van der Waals surface area contributed by atoms with E-state index in [1.807, 2.05) is 24.3 Å². The Labute approximate surface area is 201 Å². The Morgan fingerprint density at radius 1 is 0.971 bits per heavy atom. The molecule has 4 nitrogen and oxygen atoms in total. The number of aryl methyl sites for hydroxylation is 1. The van der Waals surface area contributed by atoms with Gasteiger partial charge in [-0.05, 0) is 31.2 Å². The standard InChI is InChI=1S/C25H16F3N3OS2/c1-14-10-12-15(13-11-14)24(25(26,27)28)30-21(32)20(22-29-16-6-2-4-8-18(16)33-22)23-31(24)17-7-3-5-9-19(17)34-23/h2-13H,1H3,(H,30,32)/t24-/m0/s1. The van der Waals surface area contributed by atoms with E-state index in [-0.39, 0.29) is 16.2 Å². The molecule has 1 aromatic heterocycles. The number of rotatable bonds is 2. The van der Waals surface area contributed by atoms with Crippen LogP contribution in [0.1, 0.15) is 16.1 Å². The van der Waals surface area contributed by atoms with Crippen molar-refractivity contribution < 1.29 is 18.0 Å². The van der Waals surface area contributed by atoms with Crippen LogP contribution in [0.15, 0.2) is 82.7 Å². The molecule has 0 aliphatic carbocycles. The lowest BCUT2D eigenvalue weighted by Gasteiger charge is -2.47. The number of alkyl halides is 3. The van der Waals surface area contributed by atoms with Crippen molar-refractivity contribution in [2.75, 3.05) is 4.90 Å². The SMILES string of the molecule is Cc1ccc([C@]2(C(F)(F)F)NC(=O)C(c3nc4ccccc4s3)=C3Sc4ccccc4N32)cc1. The molecule has 170 valence electrons. The van der Waals surface area contributed by atoms with Gasteiger partial charge in [-0.1, -0.05) is 65.9 Å². The first kappa shape index (κ1) is 21.2. The largest absolute Gasteiger partial charge is 0.435 e. The van der Waals surface area contributed by atoms with Crippen molar-refractivity contribution in [1.29, 1.82) is 0 Å². The van der Waals surface area contributed by atoms with Gasteiger partial charge in [0.2, 0.25) is 5.66 Å². The number of aromatic nitrogens is 1. The fourth-order valence-electron chi connectivity index (χ4n) is 4.39. The predicted octanol–water partition coefficient (Wildman–Crippen LogP) is 6.43. The molecule has 0 fully saturated rings. The van der Waals surface area contributed by atoms with Gasteiger partial charge in [0.25, 0.3) is 5.91 Å². The molecule has 0 saturated carbocycles. The van der Waals surface area contributed by atoms with E-state index in [4.69, 9.17) is 0 Å². The molecule has 3 heterocycles. The summed E-state index contributed by atoms with van der Waals surface area (Å²) in [5.41, 5.74) is -0.759. The van der Waals surface area contributed by atoms with Gasteiger partial charge >= 0.3 is 6.18 Å². The Morgan fingerprint density at radius 3 is 2.41 bits per heavy atom. The first-order chi connectivity index (χ1) is 16.3. The number of nitrogens with one attached hydrogen (secondary N) is 1. The van der Waals surface area contributed by atoms with Crippen molar-refractivity contribution in [2.24, 2.45) is 0 Å². The van der Waals surface area contributed by atoms with E-state index < -0.39 is 17.7 Å². The van der Waals surface area contributed by atoms with Gasteiger partial charge in [0.15, 0.2) is 0 Å². The van der Waals surface area contributed by atoms with Crippen LogP contribution in [0.25, 0.3) is 15.8 Å². The van der Waals surface area contributed by atoms with Gasteiger partial charge in [-0.25, -0.2) is 4.98 Å². The van der Waals surface area contributed by atoms with Gasteiger partial charge in [0, 0.05) is 10.5 Å². The Hall–Kier alpha value is -3.30. The summed E-state index contributed by atoms with van der Waals surface area (Å²) in [6.07, 6.45) is -4.82. The lowest BCUT2D eigenvalue weighted by molar-refractivity contribution is -0.201. The van der Waals surface area contributed by atoms with E-state index in [9.17, 15) is 4.79 Å². The second-order valence-corrected chi connectivity index (χ2v) is 10.2. The Morgan fingerprint density at radius 2 is 1.68 bits per heavy atom. The zero-order valence-electron chi connectivity index (χ0n) is 17.7. The Bertz CT molecular complexity index is 1460. The quantitative estimate of drug-likeness (QED) is 0.348. The predicted molar refractivity (Wildman–Crippen MR) is 128 cm³/mol. The minimum Gasteiger partial charge on any atom is -0.317 e. The van der Waals surface area contributed by atoms with Crippen molar-refractivity contribution in [3.8, 4) is 0 Å². The Kier molecular flexibility index (Phi) is 4.59. The average Bonchev–Trinajstić information content (AvgIpc) is 3.39. The van der Waals surface area contributed by atoms with Crippen molar-refractivity contribution in [3.05, 3.63) is 94.0 Å². The third kappa shape index (κ3) is 2.93. The number of thiazole rings is 1. The average molecular weight is 496 g/mol. The monoisotopic (exact) mass is 495 g/mol. The molecule has 9 heteroatoms. The van der Waals surface area contributed by atoms with E-state index in [2.05, 4.69) is 10.3 Å². The van der Waals surface area contributed by atoms with E-state index in [1.54, 1.807) is 43.3 Å². The molecule has 0 bridgehead atoms. The van der Waals surface area contributed by atoms with Gasteiger partial charge < -0.3 is 5.32 Å². The van der Waals surface area contributed by atoms with Crippen molar-refractivity contribution in [3.63, 3.8) is 0 Å². The maximum atomic E-state index is 15.1. The van der Waals surface area contributed by atoms with Crippen molar-refractivity contribution >= 4 is 50.5 Å². The zero-order chi connectivity index (χ0) is 23.7. The number of carbonyl (C=O) groups excluding carboxylic acids is 1. The fraction of sp³-hybridized carbons (Fsp3) is 0.120. The first-order valence-electron chi connectivity index (χ1n) is 10.4. The van der Waals surface area contributed by atoms with E-state index in [0.29, 0.717) is 21.1 Å². The molecule has 1 amide bonds. The molecule has 0 radical (unpaired) electrons. The number of thioether (sulfide) groups is 1. The number of carbonyl (C=O) groups is 1. The summed E-state index contributed by atoms with van der Waals surface area (Å²) in [7, 11) is 0. The van der Waals surface area contributed by atoms with Crippen LogP contribution in [-0.2, 0) is 10.5 Å². The summed E-state index contributed by atoms with van der Waals surface area (Å²) in [6, 6.07) is 20.4. The maximum Gasteiger partial charge on any atom is 0.435 e. The van der Waals surface area contributed by atoms with Crippen LogP contribution < -0.4 is 10.2 Å². The first-order valence-corrected chi connectivity index (χ1v) is 12.1. The molecular weight excluding hydrogens is 479 g/mol. The van der Waals surface area contributed by atoms with Crippen LogP contribution in [0.2, 0.25) is 0 Å². The summed E-state index contributed by atoms with van der Waals surface area (Å²) in [4.78, 5) is 20.0. The summed E-state index contributed by atoms with van der Waals surface area (Å²) in [5.74, 6) is -0.802. The molecule has 1 N–H and O–H groups in total. The molecule has 3 aromatic carbocycles. The number of nitrogens with zero attached hydrogens (tertiary/aromatic N) is 2. The maximum absolute atomic E-state index is 15.1. The molecule has 0 unspecified atom stereocenters. The number of fused-ring (bicyclic) bond motifs is 4. The molecule has 0 spiro atoms. The normalized spacial score (nSPS) is 19.9. The van der Waals surface area contributed by atoms with Gasteiger partial charge in [-0.3, -0.25) is 9.69 Å². The highest BCUT2D eigenvalue weighted by Crippen LogP contribution is 2.59. The summed E-state index contributed by atoms with van der Waals surface area (Å²) >= 11 is 2.45. The molecule has 2 aliphatic heterocycles. The molecule has 34 heavy (non-hydrogen) atoms. The minimum atomic E-state index is -4.82. The second kappa shape index (κ2) is 7.35. The van der Waals surface area contributed by atoms with Crippen LogP contribution in [0.3, 0.4) is 0 Å². The van der Waals surface area contributed by atoms with Crippen molar-refractivity contribution in [1.82, 2.24) is 10.3 Å². The number of para-hydroxylation sites is 2. The highest BCUT2D eigenvalue weighted by Gasteiger charge is 2.66. The second-order valence-electron chi connectivity index (χ2n) is 8.10. The highest BCUT2D eigenvalue weighted by molar-refractivity contribution is 8.04. The number of anilines is 1. The molecule has 4 aromatic rings. The number of hydrogen-bond donors (Lipinski definition) is 1.